The SMILES string of the molecule is CCCCCCCN(CCc1ccc(OCOCCOC)cc1)C(=O)Nc1ccc(F)cc1F. The fraction of sp³-hybridized carbons (Fsp3) is 0.500. The molecule has 34 heavy (non-hydrogen) atoms. The number of hydrogen-bond acceptors (Lipinski definition) is 4. The van der Waals surface area contributed by atoms with Crippen LogP contribution in [-0.2, 0) is 15.9 Å². The number of anilines is 1. The number of methoxy groups -OCH3 is 1. The summed E-state index contributed by atoms with van der Waals surface area (Å²) in [6.45, 7) is 4.32. The third kappa shape index (κ3) is 10.5. The van der Waals surface area contributed by atoms with E-state index in [-0.39, 0.29) is 12.5 Å². The summed E-state index contributed by atoms with van der Waals surface area (Å²) in [5.41, 5.74) is 1.01. The number of halogens is 2. The molecule has 2 aromatic rings. The van der Waals surface area contributed by atoms with Gasteiger partial charge in [0.25, 0.3) is 0 Å². The molecular formula is C26H36F2N2O4. The standard InChI is InChI=1S/C26H36F2N2O4/c1-3-4-5-6-7-15-30(26(31)29-25-13-10-22(27)19-24(25)28)16-14-21-8-11-23(12-9-21)34-20-33-18-17-32-2/h8-13,19H,3-7,14-18,20H2,1-2H3,(H,29,31). The monoisotopic (exact) mass is 478 g/mol. The molecule has 8 heteroatoms. The summed E-state index contributed by atoms with van der Waals surface area (Å²) in [6, 6.07) is 10.3. The van der Waals surface area contributed by atoms with Gasteiger partial charge >= 0.3 is 6.03 Å². The van der Waals surface area contributed by atoms with Crippen molar-refractivity contribution in [3.8, 4) is 5.75 Å². The predicted molar refractivity (Wildman–Crippen MR) is 129 cm³/mol. The zero-order valence-electron chi connectivity index (χ0n) is 20.2. The summed E-state index contributed by atoms with van der Waals surface area (Å²) in [6.07, 6.45) is 5.97. The van der Waals surface area contributed by atoms with Crippen LogP contribution in [-0.4, -0.2) is 51.1 Å². The van der Waals surface area contributed by atoms with Gasteiger partial charge in [-0.2, -0.15) is 0 Å². The number of ether oxygens (including phenoxy) is 3. The fourth-order valence-electron chi connectivity index (χ4n) is 3.33. The third-order valence-electron chi connectivity index (χ3n) is 5.33. The molecule has 2 rings (SSSR count). The summed E-state index contributed by atoms with van der Waals surface area (Å²) in [5, 5.41) is 2.58. The first-order valence-electron chi connectivity index (χ1n) is 11.8. The van der Waals surface area contributed by atoms with Crippen LogP contribution in [0.15, 0.2) is 42.5 Å². The molecule has 0 saturated heterocycles. The average molecular weight is 479 g/mol. The first kappa shape index (κ1) is 27.5. The number of nitrogens with zero attached hydrogens (tertiary/aromatic N) is 1. The Balaban J connectivity index is 1.90. The van der Waals surface area contributed by atoms with Gasteiger partial charge in [0.15, 0.2) is 6.79 Å². The number of unbranched alkanes of at least 4 members (excludes halogenated alkanes) is 4. The van der Waals surface area contributed by atoms with E-state index in [0.29, 0.717) is 38.5 Å². The minimum atomic E-state index is -0.793. The van der Waals surface area contributed by atoms with Crippen LogP contribution in [0.2, 0.25) is 0 Å². The van der Waals surface area contributed by atoms with Crippen LogP contribution in [0.5, 0.6) is 5.75 Å². The fourth-order valence-corrected chi connectivity index (χ4v) is 3.33. The maximum Gasteiger partial charge on any atom is 0.321 e. The molecule has 0 aliphatic heterocycles. The van der Waals surface area contributed by atoms with E-state index in [4.69, 9.17) is 14.2 Å². The normalized spacial score (nSPS) is 10.8. The highest BCUT2D eigenvalue weighted by Gasteiger charge is 2.16. The lowest BCUT2D eigenvalue weighted by Crippen LogP contribution is -2.37. The number of carbonyl (C=O) groups excluding carboxylic acids is 1. The van der Waals surface area contributed by atoms with Gasteiger partial charge in [-0.1, -0.05) is 44.7 Å². The van der Waals surface area contributed by atoms with E-state index in [9.17, 15) is 13.6 Å². The molecular weight excluding hydrogens is 442 g/mol. The molecule has 6 nitrogen and oxygen atoms in total. The Morgan fingerprint density at radius 1 is 0.971 bits per heavy atom. The van der Waals surface area contributed by atoms with E-state index in [2.05, 4.69) is 12.2 Å². The van der Waals surface area contributed by atoms with Crippen molar-refractivity contribution in [2.24, 2.45) is 0 Å². The van der Waals surface area contributed by atoms with Crippen LogP contribution < -0.4 is 10.1 Å². The Bertz CT molecular complexity index is 849. The van der Waals surface area contributed by atoms with Gasteiger partial charge in [0.05, 0.1) is 18.9 Å². The number of urea groups is 1. The van der Waals surface area contributed by atoms with Gasteiger partial charge in [-0.05, 0) is 42.7 Å². The molecule has 0 aromatic heterocycles. The molecule has 188 valence electrons. The maximum atomic E-state index is 14.0. The van der Waals surface area contributed by atoms with E-state index < -0.39 is 17.7 Å². The van der Waals surface area contributed by atoms with Crippen molar-refractivity contribution in [1.82, 2.24) is 4.90 Å². The van der Waals surface area contributed by atoms with Crippen molar-refractivity contribution >= 4 is 11.7 Å². The topological polar surface area (TPSA) is 60.0 Å². The van der Waals surface area contributed by atoms with Gasteiger partial charge in [0.1, 0.15) is 17.4 Å². The lowest BCUT2D eigenvalue weighted by Gasteiger charge is -2.23. The van der Waals surface area contributed by atoms with E-state index in [1.807, 2.05) is 24.3 Å². The molecule has 0 saturated carbocycles. The van der Waals surface area contributed by atoms with Crippen LogP contribution in [0, 0.1) is 11.6 Å². The van der Waals surface area contributed by atoms with Crippen molar-refractivity contribution in [2.45, 2.75) is 45.4 Å². The first-order chi connectivity index (χ1) is 16.5. The van der Waals surface area contributed by atoms with Crippen LogP contribution in [0.3, 0.4) is 0 Å². The highest BCUT2D eigenvalue weighted by molar-refractivity contribution is 5.89. The Labute approximate surface area is 201 Å². The molecule has 0 aliphatic carbocycles. The number of amides is 2. The summed E-state index contributed by atoms with van der Waals surface area (Å²) in [5.74, 6) is -0.784. The summed E-state index contributed by atoms with van der Waals surface area (Å²) in [4.78, 5) is 14.5. The lowest BCUT2D eigenvalue weighted by molar-refractivity contribution is -0.00847. The van der Waals surface area contributed by atoms with E-state index >= 15 is 0 Å². The van der Waals surface area contributed by atoms with Crippen LogP contribution in [0.25, 0.3) is 0 Å². The lowest BCUT2D eigenvalue weighted by atomic mass is 10.1. The van der Waals surface area contributed by atoms with E-state index in [0.717, 1.165) is 43.4 Å². The molecule has 0 heterocycles. The van der Waals surface area contributed by atoms with Crippen molar-refractivity contribution < 1.29 is 27.8 Å². The Kier molecular flexibility index (Phi) is 13.0. The summed E-state index contributed by atoms with van der Waals surface area (Å²) in [7, 11) is 1.61. The van der Waals surface area contributed by atoms with Gasteiger partial charge in [0, 0.05) is 26.3 Å². The summed E-state index contributed by atoms with van der Waals surface area (Å²) >= 11 is 0. The average Bonchev–Trinajstić information content (AvgIpc) is 2.83. The highest BCUT2D eigenvalue weighted by Crippen LogP contribution is 2.17. The maximum absolute atomic E-state index is 14.0. The van der Waals surface area contributed by atoms with Crippen molar-refractivity contribution in [2.75, 3.05) is 45.5 Å². The number of carbonyl (C=O) groups is 1. The quantitative estimate of drug-likeness (QED) is 0.237. The zero-order chi connectivity index (χ0) is 24.6. The second kappa shape index (κ2) is 16.0. The minimum absolute atomic E-state index is 0.0309. The number of hydrogen-bond donors (Lipinski definition) is 1. The molecule has 0 radical (unpaired) electrons. The molecule has 2 amide bonds. The predicted octanol–water partition coefficient (Wildman–Crippen LogP) is 6.01. The second-order valence-corrected chi connectivity index (χ2v) is 8.01. The highest BCUT2D eigenvalue weighted by atomic mass is 19.1. The molecule has 0 unspecified atom stereocenters. The van der Waals surface area contributed by atoms with E-state index in [1.54, 1.807) is 12.0 Å². The van der Waals surface area contributed by atoms with Gasteiger partial charge in [-0.3, -0.25) is 0 Å². The smallest absolute Gasteiger partial charge is 0.321 e. The van der Waals surface area contributed by atoms with Crippen LogP contribution in [0.4, 0.5) is 19.3 Å². The van der Waals surface area contributed by atoms with Gasteiger partial charge in [0.2, 0.25) is 0 Å². The third-order valence-corrected chi connectivity index (χ3v) is 5.33. The molecule has 0 atom stereocenters. The number of nitrogens with one attached hydrogen (secondary N) is 1. The number of rotatable bonds is 16. The molecule has 1 N–H and O–H groups in total. The second-order valence-electron chi connectivity index (χ2n) is 8.01. The van der Waals surface area contributed by atoms with Crippen molar-refractivity contribution in [3.63, 3.8) is 0 Å². The molecule has 0 aliphatic rings. The Morgan fingerprint density at radius 2 is 1.74 bits per heavy atom. The van der Waals surface area contributed by atoms with Gasteiger partial charge in [-0.25, -0.2) is 13.6 Å². The van der Waals surface area contributed by atoms with Gasteiger partial charge in [-0.15, -0.1) is 0 Å². The summed E-state index contributed by atoms with van der Waals surface area (Å²) < 4.78 is 42.9. The molecule has 0 bridgehead atoms. The van der Waals surface area contributed by atoms with E-state index in [1.165, 1.54) is 12.5 Å². The molecule has 0 fully saturated rings. The molecule has 0 spiro atoms. The van der Waals surface area contributed by atoms with Crippen molar-refractivity contribution in [1.29, 1.82) is 0 Å². The largest absolute Gasteiger partial charge is 0.468 e. The zero-order valence-corrected chi connectivity index (χ0v) is 20.2. The minimum Gasteiger partial charge on any atom is -0.468 e. The Hall–Kier alpha value is -2.71. The Morgan fingerprint density at radius 3 is 2.44 bits per heavy atom. The van der Waals surface area contributed by atoms with Gasteiger partial charge < -0.3 is 24.4 Å². The number of benzene rings is 2. The first-order valence-corrected chi connectivity index (χ1v) is 11.8. The van der Waals surface area contributed by atoms with Crippen LogP contribution >= 0.6 is 0 Å². The molecule has 2 aromatic carbocycles. The van der Waals surface area contributed by atoms with Crippen LogP contribution in [0.1, 0.15) is 44.6 Å². The van der Waals surface area contributed by atoms with Crippen molar-refractivity contribution in [3.05, 3.63) is 59.7 Å².